The molecular formula is C13H17N3O2. The summed E-state index contributed by atoms with van der Waals surface area (Å²) in [5.41, 5.74) is 1.03. The van der Waals surface area contributed by atoms with E-state index in [-0.39, 0.29) is 0 Å². The highest BCUT2D eigenvalue weighted by molar-refractivity contribution is 5.50. The summed E-state index contributed by atoms with van der Waals surface area (Å²) in [4.78, 5) is 4.42. The van der Waals surface area contributed by atoms with Gasteiger partial charge >= 0.3 is 0 Å². The molecule has 18 heavy (non-hydrogen) atoms. The number of aryl methyl sites for hydroxylation is 1. The maximum Gasteiger partial charge on any atom is 0.238 e. The van der Waals surface area contributed by atoms with E-state index in [1.54, 1.807) is 6.26 Å². The van der Waals surface area contributed by atoms with Crippen molar-refractivity contribution in [2.75, 3.05) is 13.1 Å². The smallest absolute Gasteiger partial charge is 0.238 e. The van der Waals surface area contributed by atoms with Crippen molar-refractivity contribution in [3.63, 3.8) is 0 Å². The molecule has 2 aromatic rings. The molecule has 3 rings (SSSR count). The summed E-state index contributed by atoms with van der Waals surface area (Å²) in [6.07, 6.45) is 4.87. The van der Waals surface area contributed by atoms with E-state index >= 15 is 0 Å². The number of rotatable bonds is 3. The number of nitrogens with one attached hydrogen (secondary N) is 1. The first-order valence-electron chi connectivity index (χ1n) is 6.40. The summed E-state index contributed by atoms with van der Waals surface area (Å²) >= 11 is 0. The van der Waals surface area contributed by atoms with Gasteiger partial charge < -0.3 is 14.3 Å². The second-order valence-electron chi connectivity index (χ2n) is 4.84. The highest BCUT2D eigenvalue weighted by Crippen LogP contribution is 2.23. The number of aromatic nitrogens is 2. The molecular weight excluding hydrogens is 230 g/mol. The summed E-state index contributed by atoms with van der Waals surface area (Å²) < 4.78 is 10.7. The van der Waals surface area contributed by atoms with E-state index in [0.29, 0.717) is 23.4 Å². The van der Waals surface area contributed by atoms with Gasteiger partial charge in [0.25, 0.3) is 0 Å². The fourth-order valence-corrected chi connectivity index (χ4v) is 2.36. The summed E-state index contributed by atoms with van der Waals surface area (Å²) in [6.45, 7) is 4.15. The molecule has 1 fully saturated rings. The van der Waals surface area contributed by atoms with Gasteiger partial charge in [0.05, 0.1) is 6.26 Å². The lowest BCUT2D eigenvalue weighted by Gasteiger charge is -2.20. The minimum atomic E-state index is 0.557. The van der Waals surface area contributed by atoms with Gasteiger partial charge in [-0.15, -0.1) is 0 Å². The molecule has 3 heterocycles. The van der Waals surface area contributed by atoms with Crippen molar-refractivity contribution in [1.82, 2.24) is 15.5 Å². The predicted octanol–water partition coefficient (Wildman–Crippen LogP) is 2.18. The van der Waals surface area contributed by atoms with Crippen molar-refractivity contribution in [1.29, 1.82) is 0 Å². The van der Waals surface area contributed by atoms with Crippen LogP contribution in [0.25, 0.3) is 11.6 Å². The number of nitrogens with zero attached hydrogens (tertiary/aromatic N) is 2. The number of piperidine rings is 1. The molecule has 5 nitrogen and oxygen atoms in total. The minimum Gasteiger partial charge on any atom is -0.461 e. The molecule has 1 aliphatic heterocycles. The average molecular weight is 247 g/mol. The molecule has 0 radical (unpaired) electrons. The third kappa shape index (κ3) is 2.31. The highest BCUT2D eigenvalue weighted by Gasteiger charge is 2.19. The number of hydrogen-bond acceptors (Lipinski definition) is 5. The summed E-state index contributed by atoms with van der Waals surface area (Å²) in [6, 6.07) is 1.90. The Morgan fingerprint density at radius 3 is 2.94 bits per heavy atom. The Morgan fingerprint density at radius 1 is 1.39 bits per heavy atom. The van der Waals surface area contributed by atoms with E-state index in [9.17, 15) is 0 Å². The van der Waals surface area contributed by atoms with Crippen LogP contribution in [0.1, 0.15) is 24.3 Å². The van der Waals surface area contributed by atoms with Gasteiger partial charge in [-0.3, -0.25) is 0 Å². The van der Waals surface area contributed by atoms with Gasteiger partial charge in [-0.05, 0) is 50.4 Å². The van der Waals surface area contributed by atoms with E-state index < -0.39 is 0 Å². The second kappa shape index (κ2) is 4.94. The molecule has 1 saturated heterocycles. The third-order valence-electron chi connectivity index (χ3n) is 3.46. The maximum absolute atomic E-state index is 5.36. The lowest BCUT2D eigenvalue weighted by atomic mass is 9.95. The van der Waals surface area contributed by atoms with Crippen LogP contribution in [0.3, 0.4) is 0 Å². The Labute approximate surface area is 106 Å². The number of hydrogen-bond donors (Lipinski definition) is 1. The molecule has 5 heteroatoms. The van der Waals surface area contributed by atoms with Crippen LogP contribution in [0.4, 0.5) is 0 Å². The van der Waals surface area contributed by atoms with Crippen LogP contribution >= 0.6 is 0 Å². The predicted molar refractivity (Wildman–Crippen MR) is 66.0 cm³/mol. The van der Waals surface area contributed by atoms with Crippen LogP contribution in [0.15, 0.2) is 21.3 Å². The van der Waals surface area contributed by atoms with Crippen molar-refractivity contribution >= 4 is 0 Å². The molecule has 0 aliphatic carbocycles. The van der Waals surface area contributed by atoms with Gasteiger partial charge in [-0.25, -0.2) is 0 Å². The Morgan fingerprint density at radius 2 is 2.22 bits per heavy atom. The van der Waals surface area contributed by atoms with Crippen LogP contribution in [0.5, 0.6) is 0 Å². The highest BCUT2D eigenvalue weighted by atomic mass is 16.5. The second-order valence-corrected chi connectivity index (χ2v) is 4.84. The lowest BCUT2D eigenvalue weighted by molar-refractivity contribution is 0.313. The molecule has 0 unspecified atom stereocenters. The molecule has 0 saturated carbocycles. The van der Waals surface area contributed by atoms with Gasteiger partial charge in [0.1, 0.15) is 0 Å². The van der Waals surface area contributed by atoms with E-state index in [4.69, 9.17) is 8.94 Å². The summed E-state index contributed by atoms with van der Waals surface area (Å²) in [5, 5.41) is 7.34. The minimum absolute atomic E-state index is 0.557. The van der Waals surface area contributed by atoms with Crippen LogP contribution in [0.2, 0.25) is 0 Å². The van der Waals surface area contributed by atoms with E-state index in [1.807, 2.05) is 13.0 Å². The molecule has 0 bridgehead atoms. The monoisotopic (exact) mass is 247 g/mol. The van der Waals surface area contributed by atoms with Gasteiger partial charge in [0, 0.05) is 6.42 Å². The summed E-state index contributed by atoms with van der Waals surface area (Å²) in [5.74, 6) is 2.63. The molecule has 0 amide bonds. The van der Waals surface area contributed by atoms with E-state index in [0.717, 1.165) is 25.1 Å². The van der Waals surface area contributed by atoms with Gasteiger partial charge in [0.2, 0.25) is 11.7 Å². The molecule has 0 spiro atoms. The first-order chi connectivity index (χ1) is 8.83. The first-order valence-corrected chi connectivity index (χ1v) is 6.40. The topological polar surface area (TPSA) is 64.1 Å². The fraction of sp³-hybridized carbons (Fsp3) is 0.538. The Kier molecular flexibility index (Phi) is 3.15. The quantitative estimate of drug-likeness (QED) is 0.900. The van der Waals surface area contributed by atoms with Gasteiger partial charge in [-0.2, -0.15) is 4.98 Å². The zero-order chi connectivity index (χ0) is 12.4. The number of furan rings is 1. The zero-order valence-corrected chi connectivity index (χ0v) is 10.5. The van der Waals surface area contributed by atoms with Gasteiger partial charge in [0.15, 0.2) is 5.76 Å². The van der Waals surface area contributed by atoms with Crippen LogP contribution < -0.4 is 5.32 Å². The Bertz CT molecular complexity index is 512. The molecule has 2 aromatic heterocycles. The third-order valence-corrected chi connectivity index (χ3v) is 3.46. The maximum atomic E-state index is 5.36. The normalized spacial score (nSPS) is 17.2. The zero-order valence-electron chi connectivity index (χ0n) is 10.5. The van der Waals surface area contributed by atoms with Crippen molar-refractivity contribution in [3.8, 4) is 11.6 Å². The van der Waals surface area contributed by atoms with Crippen molar-refractivity contribution in [2.24, 2.45) is 5.92 Å². The molecule has 96 valence electrons. The van der Waals surface area contributed by atoms with Gasteiger partial charge in [-0.1, -0.05) is 5.16 Å². The van der Waals surface area contributed by atoms with Crippen molar-refractivity contribution in [3.05, 3.63) is 23.8 Å². The first kappa shape index (κ1) is 11.5. The molecule has 1 N–H and O–H groups in total. The van der Waals surface area contributed by atoms with Crippen molar-refractivity contribution in [2.45, 2.75) is 26.2 Å². The molecule has 0 aromatic carbocycles. The fourth-order valence-electron chi connectivity index (χ4n) is 2.36. The SMILES string of the molecule is Cc1ccoc1-c1noc(CC2CCNCC2)n1. The van der Waals surface area contributed by atoms with Crippen LogP contribution in [-0.2, 0) is 6.42 Å². The summed E-state index contributed by atoms with van der Waals surface area (Å²) in [7, 11) is 0. The molecule has 0 atom stereocenters. The van der Waals surface area contributed by atoms with E-state index in [1.165, 1.54) is 12.8 Å². The largest absolute Gasteiger partial charge is 0.461 e. The molecule has 1 aliphatic rings. The van der Waals surface area contributed by atoms with Crippen LogP contribution in [-0.4, -0.2) is 23.2 Å². The average Bonchev–Trinajstić information content (AvgIpc) is 2.99. The Hall–Kier alpha value is -1.62. The lowest BCUT2D eigenvalue weighted by Crippen LogP contribution is -2.28. The van der Waals surface area contributed by atoms with Crippen molar-refractivity contribution < 1.29 is 8.94 Å². The van der Waals surface area contributed by atoms with E-state index in [2.05, 4.69) is 15.5 Å². The standard InChI is InChI=1S/C13H17N3O2/c1-9-4-7-17-12(9)13-15-11(18-16-13)8-10-2-5-14-6-3-10/h4,7,10,14H,2-3,5-6,8H2,1H3. The van der Waals surface area contributed by atoms with Crippen LogP contribution in [0, 0.1) is 12.8 Å². The Balaban J connectivity index is 1.71.